The molecule has 182 valence electrons. The van der Waals surface area contributed by atoms with Crippen LogP contribution in [0.2, 0.25) is 0 Å². The lowest BCUT2D eigenvalue weighted by atomic mass is 9.94. The Hall–Kier alpha value is -3.59. The number of anilines is 2. The standard InChI is InChI=1S/C26H25F2N3O3S/c1-5-30(6-2)18-10-7-16(8-11-18)22-21(23(32)25-14(3)29-15(4)35-25)24(33)26(34)31(22)20-12-9-17(27)13-19(20)28/h7-13,22,33H,5-6H2,1-4H3. The fourth-order valence-electron chi connectivity index (χ4n) is 4.40. The lowest BCUT2D eigenvalue weighted by Gasteiger charge is -2.28. The molecule has 35 heavy (non-hydrogen) atoms. The highest BCUT2D eigenvalue weighted by Crippen LogP contribution is 2.43. The zero-order valence-corrected chi connectivity index (χ0v) is 20.6. The minimum Gasteiger partial charge on any atom is -0.503 e. The molecule has 1 amide bonds. The Kier molecular flexibility index (Phi) is 6.71. The minimum absolute atomic E-state index is 0.166. The molecular formula is C26H25F2N3O3S. The van der Waals surface area contributed by atoms with Gasteiger partial charge in [-0.1, -0.05) is 12.1 Å². The summed E-state index contributed by atoms with van der Waals surface area (Å²) in [6, 6.07) is 8.91. The molecule has 2 heterocycles. The fraction of sp³-hybridized carbons (Fsp3) is 0.269. The molecule has 0 spiro atoms. The molecule has 1 aliphatic heterocycles. The summed E-state index contributed by atoms with van der Waals surface area (Å²) < 4.78 is 28.5. The van der Waals surface area contributed by atoms with Gasteiger partial charge in [-0.05, 0) is 57.5 Å². The van der Waals surface area contributed by atoms with Gasteiger partial charge in [-0.25, -0.2) is 13.8 Å². The first kappa shape index (κ1) is 24.5. The van der Waals surface area contributed by atoms with Gasteiger partial charge >= 0.3 is 0 Å². The van der Waals surface area contributed by atoms with Crippen LogP contribution < -0.4 is 9.80 Å². The summed E-state index contributed by atoms with van der Waals surface area (Å²) >= 11 is 1.16. The molecule has 0 saturated carbocycles. The number of thiazole rings is 1. The predicted octanol–water partition coefficient (Wildman–Crippen LogP) is 5.67. The summed E-state index contributed by atoms with van der Waals surface area (Å²) in [4.78, 5) is 34.5. The summed E-state index contributed by atoms with van der Waals surface area (Å²) in [5.74, 6) is -4.03. The van der Waals surface area contributed by atoms with E-state index in [2.05, 4.69) is 9.88 Å². The minimum atomic E-state index is -1.11. The van der Waals surface area contributed by atoms with Gasteiger partial charge in [-0.2, -0.15) is 0 Å². The number of aryl methyl sites for hydroxylation is 2. The summed E-state index contributed by atoms with van der Waals surface area (Å²) in [5, 5.41) is 11.5. The lowest BCUT2D eigenvalue weighted by molar-refractivity contribution is -0.117. The Labute approximate surface area is 206 Å². The number of hydrogen-bond acceptors (Lipinski definition) is 6. The van der Waals surface area contributed by atoms with Crippen molar-refractivity contribution in [1.82, 2.24) is 4.98 Å². The molecule has 0 aliphatic carbocycles. The first-order valence-electron chi connectivity index (χ1n) is 11.2. The number of amides is 1. The second kappa shape index (κ2) is 9.58. The molecule has 6 nitrogen and oxygen atoms in total. The van der Waals surface area contributed by atoms with E-state index < -0.39 is 35.1 Å². The molecule has 2 aromatic carbocycles. The lowest BCUT2D eigenvalue weighted by Crippen LogP contribution is -2.32. The van der Waals surface area contributed by atoms with Gasteiger partial charge in [-0.15, -0.1) is 11.3 Å². The van der Waals surface area contributed by atoms with E-state index in [-0.39, 0.29) is 11.3 Å². The molecule has 0 bridgehead atoms. The van der Waals surface area contributed by atoms with Gasteiger partial charge in [0.25, 0.3) is 5.91 Å². The van der Waals surface area contributed by atoms with Crippen molar-refractivity contribution in [3.63, 3.8) is 0 Å². The van der Waals surface area contributed by atoms with Crippen molar-refractivity contribution in [2.75, 3.05) is 22.9 Å². The van der Waals surface area contributed by atoms with Crippen molar-refractivity contribution in [2.45, 2.75) is 33.7 Å². The smallest absolute Gasteiger partial charge is 0.294 e. The predicted molar refractivity (Wildman–Crippen MR) is 132 cm³/mol. The van der Waals surface area contributed by atoms with Crippen LogP contribution >= 0.6 is 11.3 Å². The van der Waals surface area contributed by atoms with Gasteiger partial charge in [0.05, 0.1) is 32.9 Å². The molecule has 9 heteroatoms. The number of Topliss-reactive ketones (excluding diaryl/α,β-unsaturated/α-hetero) is 1. The maximum absolute atomic E-state index is 14.8. The van der Waals surface area contributed by atoms with Crippen LogP contribution in [0.25, 0.3) is 0 Å². The third-order valence-electron chi connectivity index (χ3n) is 6.07. The number of halogens is 2. The normalized spacial score (nSPS) is 15.8. The van der Waals surface area contributed by atoms with Crippen LogP contribution in [0.15, 0.2) is 53.8 Å². The van der Waals surface area contributed by atoms with E-state index in [1.54, 1.807) is 26.0 Å². The highest BCUT2D eigenvalue weighted by atomic mass is 32.1. The molecule has 1 atom stereocenters. The van der Waals surface area contributed by atoms with Crippen molar-refractivity contribution in [3.8, 4) is 0 Å². The van der Waals surface area contributed by atoms with Crippen molar-refractivity contribution in [1.29, 1.82) is 0 Å². The van der Waals surface area contributed by atoms with Crippen LogP contribution in [-0.4, -0.2) is 34.9 Å². The van der Waals surface area contributed by atoms with Crippen LogP contribution in [0, 0.1) is 25.5 Å². The van der Waals surface area contributed by atoms with Gasteiger partial charge < -0.3 is 10.0 Å². The van der Waals surface area contributed by atoms with Crippen molar-refractivity contribution in [2.24, 2.45) is 0 Å². The molecule has 4 rings (SSSR count). The molecule has 0 radical (unpaired) electrons. The number of ketones is 1. The van der Waals surface area contributed by atoms with E-state index in [1.165, 1.54) is 0 Å². The first-order chi connectivity index (χ1) is 16.7. The van der Waals surface area contributed by atoms with Crippen molar-refractivity contribution >= 4 is 34.4 Å². The fourth-order valence-corrected chi connectivity index (χ4v) is 5.27. The van der Waals surface area contributed by atoms with Crippen molar-refractivity contribution < 1.29 is 23.5 Å². The van der Waals surface area contributed by atoms with Crippen LogP contribution in [0.5, 0.6) is 0 Å². The Morgan fingerprint density at radius 1 is 1.11 bits per heavy atom. The van der Waals surface area contributed by atoms with E-state index >= 15 is 0 Å². The largest absolute Gasteiger partial charge is 0.503 e. The van der Waals surface area contributed by atoms with Gasteiger partial charge in [0.2, 0.25) is 5.78 Å². The molecule has 3 aromatic rings. The third-order valence-corrected chi connectivity index (χ3v) is 7.14. The number of nitrogens with zero attached hydrogens (tertiary/aromatic N) is 3. The van der Waals surface area contributed by atoms with Gasteiger partial charge in [-0.3, -0.25) is 14.5 Å². The van der Waals surface area contributed by atoms with Crippen LogP contribution in [-0.2, 0) is 4.79 Å². The number of aromatic nitrogens is 1. The average molecular weight is 498 g/mol. The first-order valence-corrected chi connectivity index (χ1v) is 12.0. The second-order valence-electron chi connectivity index (χ2n) is 8.18. The average Bonchev–Trinajstić information content (AvgIpc) is 3.30. The molecule has 0 fully saturated rings. The van der Waals surface area contributed by atoms with E-state index in [4.69, 9.17) is 0 Å². The summed E-state index contributed by atoms with van der Waals surface area (Å²) in [7, 11) is 0. The van der Waals surface area contributed by atoms with Crippen LogP contribution in [0.3, 0.4) is 0 Å². The van der Waals surface area contributed by atoms with Gasteiger partial charge in [0, 0.05) is 24.8 Å². The molecular weight excluding hydrogens is 472 g/mol. The Balaban J connectivity index is 1.88. The number of carbonyl (C=O) groups is 2. The van der Waals surface area contributed by atoms with Gasteiger partial charge in [0.15, 0.2) is 5.76 Å². The molecule has 0 saturated heterocycles. The molecule has 1 unspecified atom stereocenters. The number of aliphatic hydroxyl groups is 1. The van der Waals surface area contributed by atoms with Crippen LogP contribution in [0.4, 0.5) is 20.2 Å². The van der Waals surface area contributed by atoms with E-state index in [1.807, 2.05) is 26.0 Å². The third kappa shape index (κ3) is 4.32. The monoisotopic (exact) mass is 497 g/mol. The Morgan fingerprint density at radius 2 is 1.77 bits per heavy atom. The van der Waals surface area contributed by atoms with Crippen molar-refractivity contribution in [3.05, 3.63) is 86.6 Å². The van der Waals surface area contributed by atoms with E-state index in [9.17, 15) is 23.5 Å². The Morgan fingerprint density at radius 3 is 2.31 bits per heavy atom. The summed E-state index contributed by atoms with van der Waals surface area (Å²) in [6.07, 6.45) is 0. The zero-order chi connectivity index (χ0) is 25.4. The number of hydrogen-bond donors (Lipinski definition) is 1. The quantitative estimate of drug-likeness (QED) is 0.426. The summed E-state index contributed by atoms with van der Waals surface area (Å²) in [5.41, 5.74) is 1.52. The molecule has 1 N–H and O–H groups in total. The number of carbonyl (C=O) groups excluding carboxylic acids is 2. The second-order valence-corrected chi connectivity index (χ2v) is 9.38. The maximum atomic E-state index is 14.8. The summed E-state index contributed by atoms with van der Waals surface area (Å²) in [6.45, 7) is 9.08. The number of aliphatic hydroxyl groups excluding tert-OH is 1. The van der Waals surface area contributed by atoms with E-state index in [0.29, 0.717) is 27.2 Å². The molecule has 1 aromatic heterocycles. The highest BCUT2D eigenvalue weighted by Gasteiger charge is 2.46. The maximum Gasteiger partial charge on any atom is 0.294 e. The van der Waals surface area contributed by atoms with E-state index in [0.717, 1.165) is 47.1 Å². The van der Waals surface area contributed by atoms with Gasteiger partial charge in [0.1, 0.15) is 11.6 Å². The van der Waals surface area contributed by atoms with Crippen LogP contribution in [0.1, 0.15) is 45.8 Å². The Bertz CT molecular complexity index is 1330. The number of benzene rings is 2. The number of rotatable bonds is 7. The zero-order valence-electron chi connectivity index (χ0n) is 19.8. The molecule has 1 aliphatic rings. The topological polar surface area (TPSA) is 73.7 Å². The highest BCUT2D eigenvalue weighted by molar-refractivity contribution is 7.14. The SMILES string of the molecule is CCN(CC)c1ccc(C2C(C(=O)c3sc(C)nc3C)=C(O)C(=O)N2c2ccc(F)cc2F)cc1.